The molecule has 1 aromatic carbocycles. The van der Waals surface area contributed by atoms with Gasteiger partial charge in [0, 0.05) is 13.2 Å². The van der Waals surface area contributed by atoms with Crippen molar-refractivity contribution >= 4 is 5.69 Å². The fraction of sp³-hybridized carbons (Fsp3) is 0.250. The highest BCUT2D eigenvalue weighted by molar-refractivity contribution is 5.35. The van der Waals surface area contributed by atoms with Gasteiger partial charge in [-0.1, -0.05) is 6.07 Å². The van der Waals surface area contributed by atoms with E-state index in [4.69, 9.17) is 4.74 Å². The van der Waals surface area contributed by atoms with Gasteiger partial charge in [0.2, 0.25) is 5.82 Å². The van der Waals surface area contributed by atoms with Crippen molar-refractivity contribution in [3.63, 3.8) is 0 Å². The fourth-order valence-electron chi connectivity index (χ4n) is 0.955. The molecule has 0 heterocycles. The second kappa shape index (κ2) is 3.95. The highest BCUT2D eigenvalue weighted by Gasteiger charge is 2.13. The lowest BCUT2D eigenvalue weighted by Crippen LogP contribution is -1.95. The number of rotatable bonds is 3. The number of ether oxygens (including phenoxy) is 1. The van der Waals surface area contributed by atoms with Crippen LogP contribution < -0.4 is 0 Å². The lowest BCUT2D eigenvalue weighted by molar-refractivity contribution is -0.387. The van der Waals surface area contributed by atoms with Crippen molar-refractivity contribution in [3.05, 3.63) is 39.7 Å². The van der Waals surface area contributed by atoms with Gasteiger partial charge in [0.05, 0.1) is 11.5 Å². The Morgan fingerprint density at radius 2 is 2.31 bits per heavy atom. The number of hydrogen-bond donors (Lipinski definition) is 0. The second-order valence-corrected chi connectivity index (χ2v) is 2.48. The molecule has 0 saturated carbocycles. The minimum absolute atomic E-state index is 0.237. The van der Waals surface area contributed by atoms with Gasteiger partial charge in [-0.25, -0.2) is 0 Å². The Hall–Kier alpha value is -1.49. The summed E-state index contributed by atoms with van der Waals surface area (Å²) in [5, 5.41) is 10.3. The van der Waals surface area contributed by atoms with E-state index >= 15 is 0 Å². The van der Waals surface area contributed by atoms with Gasteiger partial charge in [0.25, 0.3) is 0 Å². The molecule has 0 aliphatic heterocycles. The summed E-state index contributed by atoms with van der Waals surface area (Å²) in [6.07, 6.45) is 0. The molecule has 0 aliphatic carbocycles. The van der Waals surface area contributed by atoms with E-state index in [1.54, 1.807) is 0 Å². The van der Waals surface area contributed by atoms with Crippen molar-refractivity contribution in [2.24, 2.45) is 0 Å². The molecule has 0 unspecified atom stereocenters. The Labute approximate surface area is 74.1 Å². The number of halogens is 1. The first kappa shape index (κ1) is 9.60. The molecule has 1 aromatic rings. The number of methoxy groups -OCH3 is 1. The SMILES string of the molecule is COCc1ccc(F)c([N+](=O)[O-])c1. The molecule has 0 bridgehead atoms. The van der Waals surface area contributed by atoms with Crippen LogP contribution in [-0.4, -0.2) is 12.0 Å². The Balaban J connectivity index is 3.04. The largest absolute Gasteiger partial charge is 0.380 e. The minimum Gasteiger partial charge on any atom is -0.380 e. The van der Waals surface area contributed by atoms with E-state index in [2.05, 4.69) is 0 Å². The summed E-state index contributed by atoms with van der Waals surface area (Å²) in [6, 6.07) is 3.68. The van der Waals surface area contributed by atoms with Crippen LogP contribution in [0.25, 0.3) is 0 Å². The Bertz CT molecular complexity index is 327. The summed E-state index contributed by atoms with van der Waals surface area (Å²) in [5.74, 6) is -0.829. The first-order chi connectivity index (χ1) is 6.15. The van der Waals surface area contributed by atoms with Crippen molar-refractivity contribution in [3.8, 4) is 0 Å². The first-order valence-electron chi connectivity index (χ1n) is 3.57. The average Bonchev–Trinajstić information content (AvgIpc) is 2.08. The number of hydrogen-bond acceptors (Lipinski definition) is 3. The van der Waals surface area contributed by atoms with Crippen LogP contribution in [0.5, 0.6) is 0 Å². The van der Waals surface area contributed by atoms with Crippen molar-refractivity contribution in [1.82, 2.24) is 0 Å². The molecule has 0 saturated heterocycles. The van der Waals surface area contributed by atoms with Crippen LogP contribution >= 0.6 is 0 Å². The average molecular weight is 185 g/mol. The minimum atomic E-state index is -0.829. The molecular formula is C8H8FNO3. The van der Waals surface area contributed by atoms with Gasteiger partial charge < -0.3 is 4.74 Å². The van der Waals surface area contributed by atoms with E-state index in [1.165, 1.54) is 19.2 Å². The molecule has 1 rings (SSSR count). The predicted octanol–water partition coefficient (Wildman–Crippen LogP) is 1.88. The maximum Gasteiger partial charge on any atom is 0.305 e. The van der Waals surface area contributed by atoms with E-state index in [0.29, 0.717) is 5.56 Å². The zero-order chi connectivity index (χ0) is 9.84. The van der Waals surface area contributed by atoms with Crippen LogP contribution in [0, 0.1) is 15.9 Å². The summed E-state index contributed by atoms with van der Waals surface area (Å²) in [6.45, 7) is 0.237. The van der Waals surface area contributed by atoms with E-state index in [-0.39, 0.29) is 6.61 Å². The van der Waals surface area contributed by atoms with Gasteiger partial charge in [0.15, 0.2) is 0 Å². The molecule has 4 nitrogen and oxygen atoms in total. The van der Waals surface area contributed by atoms with Crippen LogP contribution in [0.15, 0.2) is 18.2 Å². The molecule has 70 valence electrons. The molecule has 0 radical (unpaired) electrons. The lowest BCUT2D eigenvalue weighted by Gasteiger charge is -1.99. The summed E-state index contributed by atoms with van der Waals surface area (Å²) in [4.78, 5) is 9.55. The molecule has 13 heavy (non-hydrogen) atoms. The van der Waals surface area contributed by atoms with Crippen LogP contribution in [0.4, 0.5) is 10.1 Å². The van der Waals surface area contributed by atoms with Gasteiger partial charge in [-0.3, -0.25) is 10.1 Å². The van der Waals surface area contributed by atoms with Crippen molar-refractivity contribution in [2.75, 3.05) is 7.11 Å². The molecule has 0 fully saturated rings. The molecule has 0 N–H and O–H groups in total. The van der Waals surface area contributed by atoms with Crippen LogP contribution in [0.1, 0.15) is 5.56 Å². The Morgan fingerprint density at radius 3 is 2.85 bits per heavy atom. The third-order valence-electron chi connectivity index (χ3n) is 1.52. The number of nitro benzene ring substituents is 1. The highest BCUT2D eigenvalue weighted by atomic mass is 19.1. The Morgan fingerprint density at radius 1 is 1.62 bits per heavy atom. The normalized spacial score (nSPS) is 10.0. The zero-order valence-electron chi connectivity index (χ0n) is 6.99. The monoisotopic (exact) mass is 185 g/mol. The standard InChI is InChI=1S/C8H8FNO3/c1-13-5-6-2-3-7(9)8(4-6)10(11)12/h2-4H,5H2,1H3. The Kier molecular flexibility index (Phi) is 2.92. The van der Waals surface area contributed by atoms with E-state index < -0.39 is 16.4 Å². The maximum absolute atomic E-state index is 12.8. The van der Waals surface area contributed by atoms with Crippen LogP contribution in [-0.2, 0) is 11.3 Å². The summed E-state index contributed by atoms with van der Waals surface area (Å²) in [7, 11) is 1.47. The van der Waals surface area contributed by atoms with Gasteiger partial charge in [-0.2, -0.15) is 4.39 Å². The maximum atomic E-state index is 12.8. The van der Waals surface area contributed by atoms with Gasteiger partial charge in [-0.15, -0.1) is 0 Å². The summed E-state index contributed by atoms with van der Waals surface area (Å²) >= 11 is 0. The summed E-state index contributed by atoms with van der Waals surface area (Å²) in [5.41, 5.74) is 0.0603. The summed E-state index contributed by atoms with van der Waals surface area (Å²) < 4.78 is 17.5. The molecule has 0 aliphatic rings. The number of nitro groups is 1. The molecular weight excluding hydrogens is 177 g/mol. The topological polar surface area (TPSA) is 52.4 Å². The number of benzene rings is 1. The quantitative estimate of drug-likeness (QED) is 0.533. The van der Waals surface area contributed by atoms with E-state index in [1.807, 2.05) is 0 Å². The van der Waals surface area contributed by atoms with E-state index in [9.17, 15) is 14.5 Å². The van der Waals surface area contributed by atoms with Crippen molar-refractivity contribution in [2.45, 2.75) is 6.61 Å². The van der Waals surface area contributed by atoms with Crippen molar-refractivity contribution in [1.29, 1.82) is 0 Å². The third kappa shape index (κ3) is 2.22. The molecule has 0 spiro atoms. The van der Waals surface area contributed by atoms with E-state index in [0.717, 1.165) is 6.07 Å². The molecule has 0 amide bonds. The fourth-order valence-corrected chi connectivity index (χ4v) is 0.955. The van der Waals surface area contributed by atoms with Gasteiger partial charge in [-0.05, 0) is 11.6 Å². The van der Waals surface area contributed by atoms with Crippen LogP contribution in [0.3, 0.4) is 0 Å². The molecule has 0 atom stereocenters. The third-order valence-corrected chi connectivity index (χ3v) is 1.52. The predicted molar refractivity (Wildman–Crippen MR) is 43.8 cm³/mol. The lowest BCUT2D eigenvalue weighted by atomic mass is 10.2. The molecule has 0 aromatic heterocycles. The first-order valence-corrected chi connectivity index (χ1v) is 3.57. The zero-order valence-corrected chi connectivity index (χ0v) is 6.99. The van der Waals surface area contributed by atoms with Crippen LogP contribution in [0.2, 0.25) is 0 Å². The number of nitrogens with zero attached hydrogens (tertiary/aromatic N) is 1. The van der Waals surface area contributed by atoms with Gasteiger partial charge >= 0.3 is 5.69 Å². The highest BCUT2D eigenvalue weighted by Crippen LogP contribution is 2.18. The van der Waals surface area contributed by atoms with Gasteiger partial charge in [0.1, 0.15) is 0 Å². The molecule has 5 heteroatoms. The smallest absolute Gasteiger partial charge is 0.305 e. The second-order valence-electron chi connectivity index (χ2n) is 2.48. The van der Waals surface area contributed by atoms with Crippen molar-refractivity contribution < 1.29 is 14.1 Å².